The van der Waals surface area contributed by atoms with E-state index in [1.54, 1.807) is 6.92 Å². The largest absolute Gasteiger partial charge is 0.416 e. The van der Waals surface area contributed by atoms with Crippen LogP contribution in [0.5, 0.6) is 0 Å². The van der Waals surface area contributed by atoms with Crippen LogP contribution in [0.25, 0.3) is 0 Å². The Morgan fingerprint density at radius 3 is 2.60 bits per heavy atom. The molecule has 1 amide bonds. The van der Waals surface area contributed by atoms with Crippen LogP contribution in [0.3, 0.4) is 0 Å². The Morgan fingerprint density at radius 2 is 2.10 bits per heavy atom. The molecule has 4 N–H and O–H groups in total. The molecule has 0 spiro atoms. The van der Waals surface area contributed by atoms with E-state index >= 15 is 0 Å². The maximum atomic E-state index is 12.5. The fourth-order valence-corrected chi connectivity index (χ4v) is 1.62. The van der Waals surface area contributed by atoms with Crippen LogP contribution in [0, 0.1) is 6.92 Å². The van der Waals surface area contributed by atoms with Gasteiger partial charge >= 0.3 is 6.18 Å². The Bertz CT molecular complexity index is 648. The molecule has 0 fully saturated rings. The summed E-state index contributed by atoms with van der Waals surface area (Å²) in [6.45, 7) is 1.65. The number of H-pyrrole nitrogens is 1. The van der Waals surface area contributed by atoms with Crippen molar-refractivity contribution >= 4 is 17.3 Å². The number of anilines is 2. The van der Waals surface area contributed by atoms with Crippen LogP contribution in [-0.4, -0.2) is 16.1 Å². The molecule has 0 saturated heterocycles. The second-order valence-electron chi connectivity index (χ2n) is 4.16. The van der Waals surface area contributed by atoms with Crippen molar-refractivity contribution in [3.63, 3.8) is 0 Å². The molecular formula is C12H11F3N4O. The lowest BCUT2D eigenvalue weighted by Crippen LogP contribution is -2.14. The number of nitrogens with zero attached hydrogens (tertiary/aromatic N) is 1. The van der Waals surface area contributed by atoms with Crippen molar-refractivity contribution in [3.05, 3.63) is 41.2 Å². The molecule has 2 rings (SSSR count). The molecule has 0 unspecified atom stereocenters. The molecule has 0 saturated carbocycles. The molecule has 2 aromatic rings. The molecule has 0 bridgehead atoms. The van der Waals surface area contributed by atoms with Crippen LogP contribution in [0.4, 0.5) is 24.5 Å². The van der Waals surface area contributed by atoms with Gasteiger partial charge in [-0.3, -0.25) is 9.89 Å². The number of hydrogen-bond donors (Lipinski definition) is 3. The van der Waals surface area contributed by atoms with Crippen molar-refractivity contribution < 1.29 is 18.0 Å². The summed E-state index contributed by atoms with van der Waals surface area (Å²) in [5.41, 5.74) is 5.45. The Balaban J connectivity index is 2.23. The molecule has 0 atom stereocenters. The summed E-state index contributed by atoms with van der Waals surface area (Å²) < 4.78 is 37.4. The Hall–Kier alpha value is -2.51. The van der Waals surface area contributed by atoms with Crippen molar-refractivity contribution in [2.75, 3.05) is 11.1 Å². The standard InChI is InChI=1S/C12H11F3N4O/c1-6-8(5-17-19-6)11(20)18-10-3-2-7(4-9(10)16)12(13,14)15/h2-5H,16H2,1H3,(H,17,19)(H,18,20). The van der Waals surface area contributed by atoms with Crippen molar-refractivity contribution in [1.29, 1.82) is 0 Å². The second-order valence-corrected chi connectivity index (χ2v) is 4.16. The summed E-state index contributed by atoms with van der Waals surface area (Å²) in [4.78, 5) is 11.9. The number of amides is 1. The van der Waals surface area contributed by atoms with Gasteiger partial charge in [0, 0.05) is 5.69 Å². The number of aromatic amines is 1. The molecule has 0 radical (unpaired) electrons. The number of carbonyl (C=O) groups excluding carboxylic acids is 1. The number of halogens is 3. The van der Waals surface area contributed by atoms with E-state index in [0.29, 0.717) is 11.3 Å². The first-order valence-electron chi connectivity index (χ1n) is 5.57. The monoisotopic (exact) mass is 284 g/mol. The highest BCUT2D eigenvalue weighted by Gasteiger charge is 2.30. The first-order chi connectivity index (χ1) is 9.29. The van der Waals surface area contributed by atoms with Gasteiger partial charge in [-0.1, -0.05) is 0 Å². The topological polar surface area (TPSA) is 83.8 Å². The van der Waals surface area contributed by atoms with Crippen LogP contribution in [0.2, 0.25) is 0 Å². The fourth-order valence-electron chi connectivity index (χ4n) is 1.62. The van der Waals surface area contributed by atoms with Gasteiger partial charge in [-0.2, -0.15) is 18.3 Å². The molecular weight excluding hydrogens is 273 g/mol. The summed E-state index contributed by atoms with van der Waals surface area (Å²) >= 11 is 0. The van der Waals surface area contributed by atoms with Gasteiger partial charge in [0.1, 0.15) is 0 Å². The molecule has 0 aliphatic carbocycles. The van der Waals surface area contributed by atoms with Crippen LogP contribution in [0.15, 0.2) is 24.4 Å². The predicted octanol–water partition coefficient (Wildman–Crippen LogP) is 2.57. The molecule has 0 aliphatic heterocycles. The predicted molar refractivity (Wildman–Crippen MR) is 67.1 cm³/mol. The van der Waals surface area contributed by atoms with Crippen LogP contribution >= 0.6 is 0 Å². The highest BCUT2D eigenvalue weighted by atomic mass is 19.4. The molecule has 8 heteroatoms. The van der Waals surface area contributed by atoms with Gasteiger partial charge in [0.2, 0.25) is 0 Å². The van der Waals surface area contributed by atoms with Gasteiger partial charge in [0.05, 0.1) is 28.7 Å². The van der Waals surface area contributed by atoms with Crippen LogP contribution in [-0.2, 0) is 6.18 Å². The molecule has 0 aliphatic rings. The van der Waals surface area contributed by atoms with E-state index in [-0.39, 0.29) is 11.4 Å². The average Bonchev–Trinajstić information content (AvgIpc) is 2.76. The number of nitrogens with two attached hydrogens (primary N) is 1. The summed E-state index contributed by atoms with van der Waals surface area (Å²) in [5.74, 6) is -0.497. The number of aromatic nitrogens is 2. The molecule has 1 aromatic carbocycles. The molecule has 1 aromatic heterocycles. The van der Waals surface area contributed by atoms with E-state index in [9.17, 15) is 18.0 Å². The first-order valence-corrected chi connectivity index (χ1v) is 5.57. The van der Waals surface area contributed by atoms with E-state index in [2.05, 4.69) is 15.5 Å². The maximum Gasteiger partial charge on any atom is 0.416 e. The lowest BCUT2D eigenvalue weighted by Gasteiger charge is -2.11. The van der Waals surface area contributed by atoms with Crippen LogP contribution in [0.1, 0.15) is 21.6 Å². The van der Waals surface area contributed by atoms with Crippen molar-refractivity contribution in [2.24, 2.45) is 0 Å². The van der Waals surface area contributed by atoms with E-state index in [1.165, 1.54) is 6.20 Å². The van der Waals surface area contributed by atoms with Gasteiger partial charge in [0.15, 0.2) is 0 Å². The molecule has 20 heavy (non-hydrogen) atoms. The molecule has 106 valence electrons. The summed E-state index contributed by atoms with van der Waals surface area (Å²) in [6.07, 6.45) is -3.15. The van der Waals surface area contributed by atoms with E-state index in [1.807, 2.05) is 0 Å². The number of nitrogens with one attached hydrogen (secondary N) is 2. The smallest absolute Gasteiger partial charge is 0.397 e. The van der Waals surface area contributed by atoms with Gasteiger partial charge in [-0.05, 0) is 25.1 Å². The minimum absolute atomic E-state index is 0.114. The Labute approximate surface area is 112 Å². The third kappa shape index (κ3) is 2.73. The highest BCUT2D eigenvalue weighted by Crippen LogP contribution is 2.32. The van der Waals surface area contributed by atoms with E-state index in [4.69, 9.17) is 5.73 Å². The number of nitrogen functional groups attached to an aromatic ring is 1. The maximum absolute atomic E-state index is 12.5. The van der Waals surface area contributed by atoms with Crippen LogP contribution < -0.4 is 11.1 Å². The Morgan fingerprint density at radius 1 is 1.40 bits per heavy atom. The Kier molecular flexibility index (Phi) is 3.39. The lowest BCUT2D eigenvalue weighted by molar-refractivity contribution is -0.137. The van der Waals surface area contributed by atoms with E-state index in [0.717, 1.165) is 18.2 Å². The van der Waals surface area contributed by atoms with Gasteiger partial charge in [-0.15, -0.1) is 0 Å². The van der Waals surface area contributed by atoms with Gasteiger partial charge in [0.25, 0.3) is 5.91 Å². The lowest BCUT2D eigenvalue weighted by atomic mass is 10.1. The number of alkyl halides is 3. The normalized spacial score (nSPS) is 11.4. The summed E-state index contributed by atoms with van der Waals surface area (Å²) in [7, 11) is 0. The summed E-state index contributed by atoms with van der Waals surface area (Å²) in [5, 5.41) is 8.72. The summed E-state index contributed by atoms with van der Waals surface area (Å²) in [6, 6.07) is 2.75. The second kappa shape index (κ2) is 4.87. The fraction of sp³-hybridized carbons (Fsp3) is 0.167. The average molecular weight is 284 g/mol. The first kappa shape index (κ1) is 13.9. The number of benzene rings is 1. The van der Waals surface area contributed by atoms with Crippen molar-refractivity contribution in [3.8, 4) is 0 Å². The highest BCUT2D eigenvalue weighted by molar-refractivity contribution is 6.06. The van der Waals surface area contributed by atoms with Crippen molar-refractivity contribution in [2.45, 2.75) is 13.1 Å². The zero-order chi connectivity index (χ0) is 14.9. The minimum Gasteiger partial charge on any atom is -0.397 e. The number of hydrogen-bond acceptors (Lipinski definition) is 3. The van der Waals surface area contributed by atoms with Gasteiger partial charge in [-0.25, -0.2) is 0 Å². The number of carbonyl (C=O) groups is 1. The number of aryl methyl sites for hydroxylation is 1. The quantitative estimate of drug-likeness (QED) is 0.741. The SMILES string of the molecule is Cc1[nH]ncc1C(=O)Nc1ccc(C(F)(F)F)cc1N. The van der Waals surface area contributed by atoms with Crippen molar-refractivity contribution in [1.82, 2.24) is 10.2 Å². The van der Waals surface area contributed by atoms with E-state index < -0.39 is 17.6 Å². The zero-order valence-corrected chi connectivity index (χ0v) is 10.4. The van der Waals surface area contributed by atoms with Gasteiger partial charge < -0.3 is 11.1 Å². The minimum atomic E-state index is -4.47. The number of rotatable bonds is 2. The zero-order valence-electron chi connectivity index (χ0n) is 10.4. The third-order valence-electron chi connectivity index (χ3n) is 2.70. The molecule has 5 nitrogen and oxygen atoms in total. The third-order valence-corrected chi connectivity index (χ3v) is 2.70. The molecule has 1 heterocycles.